The van der Waals surface area contributed by atoms with E-state index in [1.807, 2.05) is 0 Å². The molecule has 0 aromatic heterocycles. The minimum Gasteiger partial charge on any atom is -1.00 e. The molecule has 1 unspecified atom stereocenters. The van der Waals surface area contributed by atoms with Gasteiger partial charge in [-0.1, -0.05) is 0 Å². The zero-order valence-electron chi connectivity index (χ0n) is 9.86. The third-order valence-electron chi connectivity index (χ3n) is 1.41. The number of hydrogen-bond donors (Lipinski definition) is 1. The van der Waals surface area contributed by atoms with E-state index in [0.717, 1.165) is 0 Å². The molecule has 0 bridgehead atoms. The van der Waals surface area contributed by atoms with Crippen molar-refractivity contribution in [3.63, 3.8) is 0 Å². The summed E-state index contributed by atoms with van der Waals surface area (Å²) in [6.45, 7) is 2.28. The van der Waals surface area contributed by atoms with Crippen molar-refractivity contribution in [1.82, 2.24) is 0 Å². The Hall–Kier alpha value is -0.731. The van der Waals surface area contributed by atoms with Crippen LogP contribution in [0.5, 0.6) is 0 Å². The number of ether oxygens (including phenoxy) is 1. The van der Waals surface area contributed by atoms with Crippen molar-refractivity contribution in [3.05, 3.63) is 0 Å². The molecule has 4 nitrogen and oxygen atoms in total. The van der Waals surface area contributed by atoms with Gasteiger partial charge in [0.2, 0.25) is 0 Å². The summed E-state index contributed by atoms with van der Waals surface area (Å²) in [6.07, 6.45) is 1.35. The van der Waals surface area contributed by atoms with Gasteiger partial charge in [-0.25, -0.2) is 0 Å². The molecular weight excluding hydrogens is 169 g/mol. The van der Waals surface area contributed by atoms with E-state index in [-0.39, 0.29) is 19.4 Å². The quantitative estimate of drug-likeness (QED) is 0.468. The van der Waals surface area contributed by atoms with Crippen LogP contribution in [-0.2, 0) is 14.3 Å². The molecule has 0 aromatic rings. The summed E-state index contributed by atoms with van der Waals surface area (Å²) in [4.78, 5) is 20.4. The number of carboxylic acids is 1. The summed E-state index contributed by atoms with van der Waals surface area (Å²) in [6, 6.07) is 0. The maximum atomic E-state index is 10.3. The molecule has 0 fully saturated rings. The molecule has 0 rings (SSSR count). The van der Waals surface area contributed by atoms with Crippen molar-refractivity contribution in [2.45, 2.75) is 32.3 Å². The number of aldehydes is 1. The molecule has 0 heterocycles. The molecular formula is C8H16BeO4. The third-order valence-corrected chi connectivity index (χ3v) is 1.41. The van der Waals surface area contributed by atoms with Crippen molar-refractivity contribution < 1.29 is 22.3 Å². The average molecular weight is 185 g/mol. The van der Waals surface area contributed by atoms with Gasteiger partial charge in [-0.15, -0.1) is 0 Å². The minimum atomic E-state index is -0.837. The number of carboxylic acid groups (broad SMARTS) is 1. The van der Waals surface area contributed by atoms with Crippen molar-refractivity contribution in [1.29, 1.82) is 0 Å². The molecule has 0 aromatic carbocycles. The van der Waals surface area contributed by atoms with Crippen LogP contribution < -0.4 is 0 Å². The molecule has 0 spiro atoms. The molecule has 0 aliphatic heterocycles. The van der Waals surface area contributed by atoms with Gasteiger partial charge in [-0.2, -0.15) is 0 Å². The number of carbonyl (C=O) groups excluding carboxylic acids is 1. The van der Waals surface area contributed by atoms with E-state index in [2.05, 4.69) is 0 Å². The Morgan fingerprint density at radius 3 is 2.69 bits per heavy atom. The Balaban J connectivity index is -0.000000202. The maximum absolute atomic E-state index is 10.3. The first-order valence-electron chi connectivity index (χ1n) is 3.99. The standard InChI is InChI=1S/C8H14O4.Be.2H/c1-2-12-7(6-9)4-3-5-8(10)11;;;/h6-7H,2-5H2,1H3,(H,10,11);;;/q;+2;2*-1. The fourth-order valence-electron chi connectivity index (χ4n) is 0.859. The van der Waals surface area contributed by atoms with E-state index in [1.54, 1.807) is 6.92 Å². The van der Waals surface area contributed by atoms with Crippen LogP contribution in [0.15, 0.2) is 0 Å². The minimum absolute atomic E-state index is 0. The molecule has 1 atom stereocenters. The first kappa shape index (κ1) is 14.8. The van der Waals surface area contributed by atoms with Crippen LogP contribution in [0.3, 0.4) is 0 Å². The van der Waals surface area contributed by atoms with Crippen LogP contribution in [0.4, 0.5) is 0 Å². The van der Waals surface area contributed by atoms with Crippen LogP contribution in [0.1, 0.15) is 29.0 Å². The second-order valence-electron chi connectivity index (χ2n) is 2.42. The molecule has 0 saturated carbocycles. The van der Waals surface area contributed by atoms with Crippen LogP contribution in [0.2, 0.25) is 0 Å². The number of hydrogen-bond acceptors (Lipinski definition) is 3. The first-order valence-corrected chi connectivity index (χ1v) is 3.99. The molecule has 5 heteroatoms. The number of carbonyl (C=O) groups is 2. The SMILES string of the molecule is CCOC(C=O)CCCC(=O)O.[Be+2].[H-].[H-]. The second kappa shape index (κ2) is 9.36. The Labute approximate surface area is 84.5 Å². The van der Waals surface area contributed by atoms with Crippen molar-refractivity contribution >= 4 is 22.4 Å². The van der Waals surface area contributed by atoms with Gasteiger partial charge in [0.25, 0.3) is 0 Å². The molecule has 0 aliphatic carbocycles. The smallest absolute Gasteiger partial charge is 1.00 e. The maximum Gasteiger partial charge on any atom is 2.00 e. The molecule has 13 heavy (non-hydrogen) atoms. The molecule has 1 N–H and O–H groups in total. The zero-order valence-corrected chi connectivity index (χ0v) is 7.86. The van der Waals surface area contributed by atoms with Crippen molar-refractivity contribution in [3.8, 4) is 0 Å². The summed E-state index contributed by atoms with van der Waals surface area (Å²) in [5, 5.41) is 8.30. The third kappa shape index (κ3) is 9.18. The first-order chi connectivity index (χ1) is 5.70. The Kier molecular flexibility index (Phi) is 10.6. The largest absolute Gasteiger partial charge is 2.00 e. The molecule has 0 radical (unpaired) electrons. The van der Waals surface area contributed by atoms with Crippen LogP contribution >= 0.6 is 0 Å². The van der Waals surface area contributed by atoms with Crippen LogP contribution in [0, 0.1) is 0 Å². The van der Waals surface area contributed by atoms with Gasteiger partial charge < -0.3 is 17.5 Å². The van der Waals surface area contributed by atoms with Crippen LogP contribution in [-0.4, -0.2) is 40.2 Å². The van der Waals surface area contributed by atoms with Crippen LogP contribution in [0.25, 0.3) is 0 Å². The normalized spacial score (nSPS) is 11.5. The van der Waals surface area contributed by atoms with E-state index in [4.69, 9.17) is 9.84 Å². The van der Waals surface area contributed by atoms with Gasteiger partial charge in [0.15, 0.2) is 0 Å². The molecule has 0 amide bonds. The van der Waals surface area contributed by atoms with Gasteiger partial charge >= 0.3 is 16.1 Å². The summed E-state index contributed by atoms with van der Waals surface area (Å²) in [7, 11) is 0. The molecule has 0 aliphatic rings. The summed E-state index contributed by atoms with van der Waals surface area (Å²) < 4.78 is 5.01. The molecule has 74 valence electrons. The van der Waals surface area contributed by atoms with E-state index in [0.29, 0.717) is 25.7 Å². The monoisotopic (exact) mass is 185 g/mol. The fraction of sp³-hybridized carbons (Fsp3) is 0.750. The molecule has 0 saturated heterocycles. The number of rotatable bonds is 7. The summed E-state index contributed by atoms with van der Waals surface area (Å²) >= 11 is 0. The van der Waals surface area contributed by atoms with E-state index in [1.165, 1.54) is 0 Å². The van der Waals surface area contributed by atoms with E-state index < -0.39 is 12.1 Å². The van der Waals surface area contributed by atoms with Gasteiger partial charge in [0.05, 0.1) is 0 Å². The predicted molar refractivity (Wildman–Crippen MR) is 50.9 cm³/mol. The van der Waals surface area contributed by atoms with Crippen molar-refractivity contribution in [2.24, 2.45) is 0 Å². The second-order valence-corrected chi connectivity index (χ2v) is 2.42. The van der Waals surface area contributed by atoms with Gasteiger partial charge in [-0.05, 0) is 19.8 Å². The van der Waals surface area contributed by atoms with Gasteiger partial charge in [-0.3, -0.25) is 4.79 Å². The van der Waals surface area contributed by atoms with Gasteiger partial charge in [0, 0.05) is 13.0 Å². The fourth-order valence-corrected chi connectivity index (χ4v) is 0.859. The topological polar surface area (TPSA) is 63.6 Å². The summed E-state index contributed by atoms with van der Waals surface area (Å²) in [5.74, 6) is -0.837. The Bertz CT molecular complexity index is 158. The Morgan fingerprint density at radius 1 is 1.69 bits per heavy atom. The zero-order chi connectivity index (χ0) is 9.40. The average Bonchev–Trinajstić information content (AvgIpc) is 2.02. The predicted octanol–water partition coefficient (Wildman–Crippen LogP) is 0.690. The summed E-state index contributed by atoms with van der Waals surface area (Å²) in [5.41, 5.74) is 0. The van der Waals surface area contributed by atoms with E-state index in [9.17, 15) is 9.59 Å². The Morgan fingerprint density at radius 2 is 2.31 bits per heavy atom. The van der Waals surface area contributed by atoms with Gasteiger partial charge in [0.1, 0.15) is 12.4 Å². The van der Waals surface area contributed by atoms with E-state index >= 15 is 0 Å². The number of aliphatic carboxylic acids is 1. The van der Waals surface area contributed by atoms with Crippen molar-refractivity contribution in [2.75, 3.05) is 6.61 Å².